The quantitative estimate of drug-likeness (QED) is 0.726. The van der Waals surface area contributed by atoms with Crippen LogP contribution in [0.4, 0.5) is 0 Å². The van der Waals surface area contributed by atoms with Crippen LogP contribution in [0.1, 0.15) is 26.7 Å². The van der Waals surface area contributed by atoms with Crippen LogP contribution in [-0.2, 0) is 19.6 Å². The normalized spacial score (nSPS) is 23.9. The molecule has 1 amide bonds. The monoisotopic (exact) mass is 440 g/mol. The number of nitrogens with zero attached hydrogens (tertiary/aromatic N) is 2. The van der Waals surface area contributed by atoms with E-state index in [4.69, 9.17) is 11.6 Å². The number of aliphatic carboxylic acids is 1. The average Bonchev–Trinajstić information content (AvgIpc) is 2.69. The van der Waals surface area contributed by atoms with Gasteiger partial charge in [0.15, 0.2) is 0 Å². The Morgan fingerprint density at radius 3 is 2.00 bits per heavy atom. The van der Waals surface area contributed by atoms with Crippen molar-refractivity contribution in [2.45, 2.75) is 31.6 Å². The molecule has 3 rings (SSSR count). The highest BCUT2D eigenvalue weighted by atomic mass is 35.5. The van der Waals surface area contributed by atoms with Gasteiger partial charge in [-0.05, 0) is 51.0 Å². The summed E-state index contributed by atoms with van der Waals surface area (Å²) >= 11 is 5.83. The number of hydrogen-bond acceptors (Lipinski definition) is 4. The molecule has 1 saturated heterocycles. The van der Waals surface area contributed by atoms with Gasteiger partial charge in [0.2, 0.25) is 15.9 Å². The number of carboxylic acids is 1. The summed E-state index contributed by atoms with van der Waals surface area (Å²) in [6.45, 7) is 4.69. The lowest BCUT2D eigenvalue weighted by Crippen LogP contribution is -2.53. The number of rotatable bonds is 4. The van der Waals surface area contributed by atoms with E-state index in [0.29, 0.717) is 17.9 Å². The van der Waals surface area contributed by atoms with Crippen LogP contribution in [0.3, 0.4) is 0 Å². The lowest BCUT2D eigenvalue weighted by Gasteiger charge is -2.38. The van der Waals surface area contributed by atoms with E-state index in [0.717, 1.165) is 11.1 Å². The van der Waals surface area contributed by atoms with Gasteiger partial charge in [-0.3, -0.25) is 9.59 Å². The molecule has 1 aromatic rings. The third-order valence-electron chi connectivity index (χ3n) is 5.90. The van der Waals surface area contributed by atoms with Gasteiger partial charge in [-0.2, -0.15) is 4.31 Å². The Hall–Kier alpha value is -1.90. The Balaban J connectivity index is 1.69. The third-order valence-corrected chi connectivity index (χ3v) is 8.07. The number of carbonyl (C=O) groups is 2. The van der Waals surface area contributed by atoms with Gasteiger partial charge in [-0.25, -0.2) is 8.42 Å². The van der Waals surface area contributed by atoms with E-state index in [-0.39, 0.29) is 37.0 Å². The number of hydrogen-bond donors (Lipinski definition) is 1. The number of carbonyl (C=O) groups excluding carboxylic acids is 1. The largest absolute Gasteiger partial charge is 0.481 e. The standard InChI is InChI=1S/C20H25ClN2O5S/c1-13-11-17(18(20(25)26)12-14(13)2)19(24)22-7-9-23(10-8-22)29(27,28)16-5-3-15(21)4-6-16/h3-6,17-18H,7-12H2,1-2H3,(H,25,26). The highest BCUT2D eigenvalue weighted by molar-refractivity contribution is 7.89. The molecular weight excluding hydrogens is 416 g/mol. The number of benzene rings is 1. The molecule has 1 heterocycles. The molecule has 1 N–H and O–H groups in total. The third kappa shape index (κ3) is 4.49. The Bertz CT molecular complexity index is 934. The van der Waals surface area contributed by atoms with E-state index in [1.807, 2.05) is 13.8 Å². The lowest BCUT2D eigenvalue weighted by atomic mass is 9.76. The van der Waals surface area contributed by atoms with E-state index in [1.54, 1.807) is 4.90 Å². The van der Waals surface area contributed by atoms with E-state index in [2.05, 4.69) is 0 Å². The number of amides is 1. The minimum absolute atomic E-state index is 0.163. The molecule has 1 aromatic carbocycles. The maximum atomic E-state index is 13.0. The molecule has 0 spiro atoms. The first-order valence-electron chi connectivity index (χ1n) is 9.54. The van der Waals surface area contributed by atoms with E-state index < -0.39 is 27.8 Å². The van der Waals surface area contributed by atoms with Crippen molar-refractivity contribution >= 4 is 33.5 Å². The van der Waals surface area contributed by atoms with Crippen LogP contribution in [0.5, 0.6) is 0 Å². The van der Waals surface area contributed by atoms with Gasteiger partial charge in [0.05, 0.1) is 16.7 Å². The minimum Gasteiger partial charge on any atom is -0.481 e. The van der Waals surface area contributed by atoms with Gasteiger partial charge in [0.25, 0.3) is 0 Å². The highest BCUT2D eigenvalue weighted by Gasteiger charge is 2.40. The van der Waals surface area contributed by atoms with Crippen molar-refractivity contribution < 1.29 is 23.1 Å². The zero-order chi connectivity index (χ0) is 21.3. The van der Waals surface area contributed by atoms with Crippen molar-refractivity contribution in [1.82, 2.24) is 9.21 Å². The molecule has 29 heavy (non-hydrogen) atoms. The molecule has 9 heteroatoms. The van der Waals surface area contributed by atoms with Crippen molar-refractivity contribution in [3.05, 3.63) is 40.4 Å². The fourth-order valence-electron chi connectivity index (χ4n) is 3.95. The zero-order valence-corrected chi connectivity index (χ0v) is 18.0. The maximum absolute atomic E-state index is 13.0. The van der Waals surface area contributed by atoms with Crippen LogP contribution in [0.25, 0.3) is 0 Å². The fraction of sp³-hybridized carbons (Fsp3) is 0.500. The molecule has 1 aliphatic carbocycles. The van der Waals surface area contributed by atoms with Crippen molar-refractivity contribution in [2.75, 3.05) is 26.2 Å². The highest BCUT2D eigenvalue weighted by Crippen LogP contribution is 2.35. The van der Waals surface area contributed by atoms with Gasteiger partial charge >= 0.3 is 5.97 Å². The first-order chi connectivity index (χ1) is 13.6. The Morgan fingerprint density at radius 2 is 1.48 bits per heavy atom. The summed E-state index contributed by atoms with van der Waals surface area (Å²) in [5, 5.41) is 10.0. The Kier molecular flexibility index (Phi) is 6.36. The number of allylic oxidation sites excluding steroid dienone is 2. The molecule has 0 saturated carbocycles. The van der Waals surface area contributed by atoms with Crippen LogP contribution in [0, 0.1) is 11.8 Å². The maximum Gasteiger partial charge on any atom is 0.307 e. The summed E-state index contributed by atoms with van der Waals surface area (Å²) in [7, 11) is -3.66. The number of halogens is 1. The molecule has 158 valence electrons. The molecular formula is C20H25ClN2O5S. The minimum atomic E-state index is -3.66. The van der Waals surface area contributed by atoms with E-state index >= 15 is 0 Å². The van der Waals surface area contributed by atoms with Crippen LogP contribution in [0.2, 0.25) is 5.02 Å². The van der Waals surface area contributed by atoms with Crippen molar-refractivity contribution in [1.29, 1.82) is 0 Å². The second kappa shape index (κ2) is 8.45. The lowest BCUT2D eigenvalue weighted by molar-refractivity contribution is -0.151. The summed E-state index contributed by atoms with van der Waals surface area (Å²) < 4.78 is 26.9. The molecule has 7 nitrogen and oxygen atoms in total. The summed E-state index contributed by atoms with van der Waals surface area (Å²) in [6.07, 6.45) is 0.813. The zero-order valence-electron chi connectivity index (χ0n) is 16.5. The SMILES string of the molecule is CC1=C(C)CC(C(=O)N2CCN(S(=O)(=O)c3ccc(Cl)cc3)CC2)C(C(=O)O)C1. The Morgan fingerprint density at radius 1 is 0.966 bits per heavy atom. The second-order valence-electron chi connectivity index (χ2n) is 7.70. The summed E-state index contributed by atoms with van der Waals surface area (Å²) in [5.74, 6) is -2.50. The molecule has 1 aliphatic heterocycles. The molecule has 1 fully saturated rings. The predicted octanol–water partition coefficient (Wildman–Crippen LogP) is 2.62. The smallest absolute Gasteiger partial charge is 0.307 e. The number of piperazine rings is 1. The van der Waals surface area contributed by atoms with Gasteiger partial charge < -0.3 is 10.0 Å². The molecule has 2 unspecified atom stereocenters. The van der Waals surface area contributed by atoms with Crippen molar-refractivity contribution in [2.24, 2.45) is 11.8 Å². The van der Waals surface area contributed by atoms with Crippen LogP contribution >= 0.6 is 11.6 Å². The van der Waals surface area contributed by atoms with Gasteiger partial charge in [-0.15, -0.1) is 0 Å². The molecule has 0 bridgehead atoms. The van der Waals surface area contributed by atoms with Crippen molar-refractivity contribution in [3.8, 4) is 0 Å². The van der Waals surface area contributed by atoms with Crippen LogP contribution in [0.15, 0.2) is 40.3 Å². The summed E-state index contributed by atoms with van der Waals surface area (Å²) in [6, 6.07) is 5.99. The fourth-order valence-corrected chi connectivity index (χ4v) is 5.50. The van der Waals surface area contributed by atoms with Gasteiger partial charge in [-0.1, -0.05) is 22.7 Å². The first-order valence-corrected chi connectivity index (χ1v) is 11.4. The van der Waals surface area contributed by atoms with Crippen LogP contribution < -0.4 is 0 Å². The molecule has 0 radical (unpaired) electrons. The topological polar surface area (TPSA) is 95.0 Å². The first kappa shape index (κ1) is 21.8. The van der Waals surface area contributed by atoms with Gasteiger partial charge in [0, 0.05) is 31.2 Å². The van der Waals surface area contributed by atoms with Gasteiger partial charge in [0.1, 0.15) is 0 Å². The van der Waals surface area contributed by atoms with E-state index in [1.165, 1.54) is 28.6 Å². The van der Waals surface area contributed by atoms with E-state index in [9.17, 15) is 23.1 Å². The van der Waals surface area contributed by atoms with Crippen molar-refractivity contribution in [3.63, 3.8) is 0 Å². The average molecular weight is 441 g/mol. The number of sulfonamides is 1. The van der Waals surface area contributed by atoms with Crippen LogP contribution in [-0.4, -0.2) is 60.8 Å². The molecule has 2 atom stereocenters. The molecule has 2 aliphatic rings. The summed E-state index contributed by atoms with van der Waals surface area (Å²) in [5.41, 5.74) is 2.09. The number of carboxylic acid groups (broad SMARTS) is 1. The molecule has 0 aromatic heterocycles. The Labute approximate surface area is 176 Å². The predicted molar refractivity (Wildman–Crippen MR) is 109 cm³/mol. The summed E-state index contributed by atoms with van der Waals surface area (Å²) in [4.78, 5) is 26.5. The second-order valence-corrected chi connectivity index (χ2v) is 10.1.